The van der Waals surface area contributed by atoms with Crippen LogP contribution in [0.15, 0.2) is 47.5 Å². The molecule has 2 fully saturated rings. The van der Waals surface area contributed by atoms with Crippen LogP contribution in [0.2, 0.25) is 0 Å². The van der Waals surface area contributed by atoms with Crippen molar-refractivity contribution in [1.82, 2.24) is 9.80 Å². The molecule has 1 amide bonds. The summed E-state index contributed by atoms with van der Waals surface area (Å²) < 4.78 is 6.27. The second-order valence-corrected chi connectivity index (χ2v) is 8.83. The Hall–Kier alpha value is -2.86. The van der Waals surface area contributed by atoms with Gasteiger partial charge in [-0.2, -0.15) is 0 Å². The molecule has 6 heteroatoms. The largest absolute Gasteiger partial charge is 0.454 e. The average molecular weight is 419 g/mol. The highest BCUT2D eigenvalue weighted by Gasteiger charge is 2.26. The van der Waals surface area contributed by atoms with Crippen LogP contribution in [0.1, 0.15) is 37.7 Å². The van der Waals surface area contributed by atoms with E-state index in [1.54, 1.807) is 0 Å². The molecule has 2 aromatic carbocycles. The molecular weight excluding hydrogens is 388 g/mol. The summed E-state index contributed by atoms with van der Waals surface area (Å²) in [7, 11) is 2.17. The van der Waals surface area contributed by atoms with Crippen molar-refractivity contribution in [2.45, 2.75) is 32.1 Å². The first-order valence-electron chi connectivity index (χ1n) is 11.4. The van der Waals surface area contributed by atoms with Crippen LogP contribution in [0.3, 0.4) is 0 Å². The molecule has 0 atom stereocenters. The first-order chi connectivity index (χ1) is 15.2. The first kappa shape index (κ1) is 20.1. The number of amides is 1. The third-order valence-electron chi connectivity index (χ3n) is 6.54. The van der Waals surface area contributed by atoms with Gasteiger partial charge >= 0.3 is 0 Å². The molecular formula is C25H30N4O2. The van der Waals surface area contributed by atoms with Crippen LogP contribution in [-0.4, -0.2) is 54.8 Å². The summed E-state index contributed by atoms with van der Waals surface area (Å²) in [5.41, 5.74) is 2.58. The highest BCUT2D eigenvalue weighted by Crippen LogP contribution is 2.39. The Morgan fingerprint density at radius 1 is 1.00 bits per heavy atom. The lowest BCUT2D eigenvalue weighted by atomic mass is 10.1. The smallest absolute Gasteiger partial charge is 0.227 e. The summed E-state index contributed by atoms with van der Waals surface area (Å²) in [5, 5.41) is 3.14. The molecule has 0 aromatic heterocycles. The predicted molar refractivity (Wildman–Crippen MR) is 123 cm³/mol. The van der Waals surface area contributed by atoms with E-state index in [9.17, 15) is 4.79 Å². The van der Waals surface area contributed by atoms with Gasteiger partial charge in [-0.05, 0) is 63.2 Å². The van der Waals surface area contributed by atoms with Gasteiger partial charge in [-0.1, -0.05) is 25.0 Å². The Bertz CT molecular complexity index is 997. The number of benzene rings is 2. The second-order valence-electron chi connectivity index (χ2n) is 8.83. The van der Waals surface area contributed by atoms with Crippen LogP contribution in [0, 0.1) is 5.92 Å². The van der Waals surface area contributed by atoms with E-state index in [-0.39, 0.29) is 11.8 Å². The maximum absolute atomic E-state index is 12.7. The molecule has 1 aliphatic carbocycles. The zero-order valence-electron chi connectivity index (χ0n) is 18.1. The maximum atomic E-state index is 12.7. The molecule has 2 heterocycles. The van der Waals surface area contributed by atoms with Gasteiger partial charge in [-0.3, -0.25) is 4.79 Å². The van der Waals surface area contributed by atoms with E-state index in [0.29, 0.717) is 0 Å². The number of nitrogens with one attached hydrogen (secondary N) is 1. The number of anilines is 1. The van der Waals surface area contributed by atoms with E-state index >= 15 is 0 Å². The molecule has 1 saturated carbocycles. The number of ether oxygens (including phenoxy) is 1. The van der Waals surface area contributed by atoms with Crippen molar-refractivity contribution >= 4 is 23.1 Å². The van der Waals surface area contributed by atoms with Crippen LogP contribution in [0.25, 0.3) is 0 Å². The molecule has 0 bridgehead atoms. The zero-order valence-corrected chi connectivity index (χ0v) is 18.1. The molecule has 0 spiro atoms. The molecule has 3 aliphatic rings. The monoisotopic (exact) mass is 418 g/mol. The summed E-state index contributed by atoms with van der Waals surface area (Å²) in [6.45, 7) is 3.94. The quantitative estimate of drug-likeness (QED) is 0.772. The number of hydrogen-bond acceptors (Lipinski definition) is 5. The summed E-state index contributed by atoms with van der Waals surface area (Å²) in [4.78, 5) is 22.5. The minimum Gasteiger partial charge on any atom is -0.454 e. The fourth-order valence-corrected chi connectivity index (χ4v) is 4.73. The highest BCUT2D eigenvalue weighted by molar-refractivity contribution is 6.05. The van der Waals surface area contributed by atoms with Gasteiger partial charge < -0.3 is 19.9 Å². The molecule has 0 radical (unpaired) electrons. The van der Waals surface area contributed by atoms with E-state index in [4.69, 9.17) is 9.73 Å². The average Bonchev–Trinajstić information content (AvgIpc) is 3.17. The van der Waals surface area contributed by atoms with Gasteiger partial charge in [0.1, 0.15) is 17.3 Å². The standard InChI is InChI=1S/C25H30N4O2/c1-28-13-6-14-29(16-15-28)24-20-17-19(26-25(30)18-7-2-3-8-18)11-12-22(20)31-23-10-5-4-9-21(23)27-24/h4-5,9-12,17-18H,2-3,6-8,13-16H2,1H3,(H,26,30). The SMILES string of the molecule is CN1CCCN(C2=Nc3ccccc3Oc3ccc(NC(=O)C4CCCC4)cc32)CC1. The predicted octanol–water partition coefficient (Wildman–Crippen LogP) is 4.64. The fourth-order valence-electron chi connectivity index (χ4n) is 4.73. The van der Waals surface area contributed by atoms with Gasteiger partial charge in [0.2, 0.25) is 5.91 Å². The van der Waals surface area contributed by atoms with Crippen LogP contribution in [0.5, 0.6) is 11.5 Å². The van der Waals surface area contributed by atoms with Gasteiger partial charge in [0.15, 0.2) is 5.75 Å². The van der Waals surface area contributed by atoms with Gasteiger partial charge in [-0.15, -0.1) is 0 Å². The topological polar surface area (TPSA) is 57.2 Å². The molecule has 5 rings (SSSR count). The van der Waals surface area contributed by atoms with Crippen LogP contribution in [-0.2, 0) is 4.79 Å². The number of likely N-dealkylation sites (N-methyl/N-ethyl adjacent to an activating group) is 1. The summed E-state index contributed by atoms with van der Waals surface area (Å²) in [5.74, 6) is 2.72. The molecule has 2 aliphatic heterocycles. The zero-order chi connectivity index (χ0) is 21.2. The molecule has 1 N–H and O–H groups in total. The molecule has 162 valence electrons. The number of aliphatic imine (C=N–C) groups is 1. The Labute approximate surface area is 183 Å². The number of amidine groups is 1. The number of hydrogen-bond donors (Lipinski definition) is 1. The second kappa shape index (κ2) is 8.71. The third kappa shape index (κ3) is 4.30. The van der Waals surface area contributed by atoms with Crippen molar-refractivity contribution in [3.05, 3.63) is 48.0 Å². The Balaban J connectivity index is 1.51. The maximum Gasteiger partial charge on any atom is 0.227 e. The molecule has 31 heavy (non-hydrogen) atoms. The summed E-state index contributed by atoms with van der Waals surface area (Å²) >= 11 is 0. The van der Waals surface area contributed by atoms with Gasteiger partial charge in [-0.25, -0.2) is 4.99 Å². The fraction of sp³-hybridized carbons (Fsp3) is 0.440. The van der Waals surface area contributed by atoms with Crippen LogP contribution in [0.4, 0.5) is 11.4 Å². The van der Waals surface area contributed by atoms with Crippen molar-refractivity contribution in [2.75, 3.05) is 38.5 Å². The number of rotatable bonds is 2. The van der Waals surface area contributed by atoms with Crippen molar-refractivity contribution < 1.29 is 9.53 Å². The van der Waals surface area contributed by atoms with Gasteiger partial charge in [0.05, 0.1) is 5.56 Å². The van der Waals surface area contributed by atoms with Gasteiger partial charge in [0.25, 0.3) is 0 Å². The number of carbonyl (C=O) groups excluding carboxylic acids is 1. The Morgan fingerprint density at radius 3 is 2.71 bits per heavy atom. The minimum absolute atomic E-state index is 0.130. The van der Waals surface area contributed by atoms with Crippen molar-refractivity contribution in [2.24, 2.45) is 10.9 Å². The van der Waals surface area contributed by atoms with Gasteiger partial charge in [0, 0.05) is 31.2 Å². The molecule has 6 nitrogen and oxygen atoms in total. The lowest BCUT2D eigenvalue weighted by Gasteiger charge is -2.25. The highest BCUT2D eigenvalue weighted by atomic mass is 16.5. The number of para-hydroxylation sites is 2. The van der Waals surface area contributed by atoms with Crippen LogP contribution < -0.4 is 10.1 Å². The van der Waals surface area contributed by atoms with Crippen molar-refractivity contribution in [3.63, 3.8) is 0 Å². The minimum atomic E-state index is 0.130. The Kier molecular flexibility index (Phi) is 5.64. The van der Waals surface area contributed by atoms with Crippen molar-refractivity contribution in [3.8, 4) is 11.5 Å². The normalized spacial score (nSPS) is 19.5. The lowest BCUT2D eigenvalue weighted by molar-refractivity contribution is -0.119. The van der Waals surface area contributed by atoms with E-state index < -0.39 is 0 Å². The lowest BCUT2D eigenvalue weighted by Crippen LogP contribution is -2.35. The summed E-state index contributed by atoms with van der Waals surface area (Å²) in [6.07, 6.45) is 5.36. The third-order valence-corrected chi connectivity index (χ3v) is 6.54. The molecule has 1 saturated heterocycles. The molecule has 0 unspecified atom stereocenters. The summed E-state index contributed by atoms with van der Waals surface area (Å²) in [6, 6.07) is 13.8. The molecule has 2 aromatic rings. The number of fused-ring (bicyclic) bond motifs is 2. The number of nitrogens with zero attached hydrogens (tertiary/aromatic N) is 3. The first-order valence-corrected chi connectivity index (χ1v) is 11.4. The van der Waals surface area contributed by atoms with Crippen molar-refractivity contribution in [1.29, 1.82) is 0 Å². The number of carbonyl (C=O) groups is 1. The van der Waals surface area contributed by atoms with E-state index in [1.807, 2.05) is 42.5 Å². The van der Waals surface area contributed by atoms with E-state index in [1.165, 1.54) is 0 Å². The van der Waals surface area contributed by atoms with Crippen LogP contribution >= 0.6 is 0 Å². The Morgan fingerprint density at radius 2 is 1.84 bits per heavy atom. The van der Waals surface area contributed by atoms with E-state index in [0.717, 1.165) is 92.6 Å². The van der Waals surface area contributed by atoms with E-state index in [2.05, 4.69) is 22.2 Å².